The Morgan fingerprint density at radius 1 is 1.33 bits per heavy atom. The van der Waals surface area contributed by atoms with Crippen LogP contribution >= 0.6 is 0 Å². The van der Waals surface area contributed by atoms with E-state index in [1.165, 1.54) is 6.42 Å². The molecule has 3 nitrogen and oxygen atoms in total. The monoisotopic (exact) mass is 247 g/mol. The number of rotatable bonds is 2. The van der Waals surface area contributed by atoms with Crippen LogP contribution in [0.15, 0.2) is 22.6 Å². The van der Waals surface area contributed by atoms with Crippen LogP contribution in [0.1, 0.15) is 31.8 Å². The van der Waals surface area contributed by atoms with Crippen LogP contribution in [0.5, 0.6) is 0 Å². The Hall–Kier alpha value is -1.51. The summed E-state index contributed by atoms with van der Waals surface area (Å²) in [6.07, 6.45) is 4.58. The van der Waals surface area contributed by atoms with Crippen LogP contribution in [0.2, 0.25) is 0 Å². The minimum absolute atomic E-state index is 0.0856. The van der Waals surface area contributed by atoms with E-state index in [9.17, 15) is 4.79 Å². The molecule has 0 saturated carbocycles. The predicted octanol–water partition coefficient (Wildman–Crippen LogP) is 3.11. The van der Waals surface area contributed by atoms with Gasteiger partial charge in [0.15, 0.2) is 0 Å². The summed E-state index contributed by atoms with van der Waals surface area (Å²) in [5.74, 6) is 2.87. The molecule has 0 bridgehead atoms. The van der Waals surface area contributed by atoms with Gasteiger partial charge in [0.1, 0.15) is 11.5 Å². The first-order chi connectivity index (χ1) is 8.54. The molecule has 0 N–H and O–H groups in total. The summed E-state index contributed by atoms with van der Waals surface area (Å²) in [5, 5.41) is 0. The molecule has 1 aromatic rings. The van der Waals surface area contributed by atoms with E-state index in [0.717, 1.165) is 24.6 Å². The maximum atomic E-state index is 12.1. The number of amides is 1. The molecule has 1 fully saturated rings. The van der Waals surface area contributed by atoms with E-state index in [1.807, 2.05) is 24.0 Å². The van der Waals surface area contributed by atoms with E-state index in [0.29, 0.717) is 11.8 Å². The Kier molecular flexibility index (Phi) is 3.90. The molecule has 2 atom stereocenters. The van der Waals surface area contributed by atoms with Gasteiger partial charge >= 0.3 is 0 Å². The van der Waals surface area contributed by atoms with Crippen molar-refractivity contribution in [2.75, 3.05) is 13.1 Å². The van der Waals surface area contributed by atoms with Crippen LogP contribution in [0.4, 0.5) is 0 Å². The van der Waals surface area contributed by atoms with E-state index in [2.05, 4.69) is 13.8 Å². The number of aryl methyl sites for hydroxylation is 1. The Morgan fingerprint density at radius 2 is 2.00 bits per heavy atom. The van der Waals surface area contributed by atoms with Crippen LogP contribution in [0.3, 0.4) is 0 Å². The predicted molar refractivity (Wildman–Crippen MR) is 72.0 cm³/mol. The number of piperidine rings is 1. The third-order valence-electron chi connectivity index (χ3n) is 3.33. The van der Waals surface area contributed by atoms with Gasteiger partial charge in [0.05, 0.1) is 0 Å². The maximum Gasteiger partial charge on any atom is 0.246 e. The Bertz CT molecular complexity index is 437. The first kappa shape index (κ1) is 12.9. The lowest BCUT2D eigenvalue weighted by Gasteiger charge is -2.34. The first-order valence-corrected chi connectivity index (χ1v) is 6.58. The molecule has 2 heterocycles. The Labute approximate surface area is 108 Å². The summed E-state index contributed by atoms with van der Waals surface area (Å²) in [6, 6.07) is 3.77. The molecule has 2 rings (SSSR count). The van der Waals surface area contributed by atoms with Crippen LogP contribution in [0.25, 0.3) is 6.08 Å². The number of furan rings is 1. The second kappa shape index (κ2) is 5.42. The van der Waals surface area contributed by atoms with Gasteiger partial charge in [0.2, 0.25) is 5.91 Å². The summed E-state index contributed by atoms with van der Waals surface area (Å²) in [4.78, 5) is 14.0. The standard InChI is InChI=1S/C15H21NO2/c1-11-8-12(2)10-16(9-11)15(17)7-6-14-5-4-13(3)18-14/h4-7,11-12H,8-10H2,1-3H3/b7-6+/t11-,12-/m1/s1. The van der Waals surface area contributed by atoms with Gasteiger partial charge in [0, 0.05) is 19.2 Å². The zero-order chi connectivity index (χ0) is 13.1. The lowest BCUT2D eigenvalue weighted by atomic mass is 9.92. The van der Waals surface area contributed by atoms with Crippen molar-refractivity contribution in [2.24, 2.45) is 11.8 Å². The fraction of sp³-hybridized carbons (Fsp3) is 0.533. The molecular weight excluding hydrogens is 226 g/mol. The number of likely N-dealkylation sites (tertiary alicyclic amines) is 1. The van der Waals surface area contributed by atoms with E-state index in [-0.39, 0.29) is 5.91 Å². The smallest absolute Gasteiger partial charge is 0.246 e. The molecule has 1 aliphatic heterocycles. The highest BCUT2D eigenvalue weighted by Crippen LogP contribution is 2.21. The Morgan fingerprint density at radius 3 is 2.56 bits per heavy atom. The van der Waals surface area contributed by atoms with Gasteiger partial charge < -0.3 is 9.32 Å². The molecule has 98 valence electrons. The van der Waals surface area contributed by atoms with Crippen LogP contribution in [0, 0.1) is 18.8 Å². The quantitative estimate of drug-likeness (QED) is 0.752. The van der Waals surface area contributed by atoms with Gasteiger partial charge in [-0.3, -0.25) is 4.79 Å². The van der Waals surface area contributed by atoms with E-state index in [4.69, 9.17) is 4.42 Å². The number of hydrogen-bond acceptors (Lipinski definition) is 2. The van der Waals surface area contributed by atoms with Gasteiger partial charge in [0.25, 0.3) is 0 Å². The number of hydrogen-bond donors (Lipinski definition) is 0. The molecule has 0 radical (unpaired) electrons. The lowest BCUT2D eigenvalue weighted by Crippen LogP contribution is -2.41. The van der Waals surface area contributed by atoms with Crippen molar-refractivity contribution in [1.29, 1.82) is 0 Å². The van der Waals surface area contributed by atoms with Crippen LogP contribution < -0.4 is 0 Å². The van der Waals surface area contributed by atoms with E-state index >= 15 is 0 Å². The van der Waals surface area contributed by atoms with E-state index in [1.54, 1.807) is 12.2 Å². The minimum Gasteiger partial charge on any atom is -0.462 e. The summed E-state index contributed by atoms with van der Waals surface area (Å²) in [7, 11) is 0. The summed E-state index contributed by atoms with van der Waals surface area (Å²) < 4.78 is 5.41. The molecule has 1 aliphatic rings. The molecule has 0 spiro atoms. The topological polar surface area (TPSA) is 33.5 Å². The lowest BCUT2D eigenvalue weighted by molar-refractivity contribution is -0.128. The van der Waals surface area contributed by atoms with Crippen LogP contribution in [-0.2, 0) is 4.79 Å². The average molecular weight is 247 g/mol. The van der Waals surface area contributed by atoms with Crippen molar-refractivity contribution >= 4 is 12.0 Å². The van der Waals surface area contributed by atoms with Crippen molar-refractivity contribution in [3.05, 3.63) is 29.7 Å². The molecule has 1 aromatic heterocycles. The SMILES string of the molecule is Cc1ccc(/C=C/C(=O)N2C[C@H](C)C[C@@H](C)C2)o1. The molecule has 0 aromatic carbocycles. The molecule has 1 amide bonds. The number of carbonyl (C=O) groups excluding carboxylic acids is 1. The highest BCUT2D eigenvalue weighted by Gasteiger charge is 2.23. The minimum atomic E-state index is 0.0856. The fourth-order valence-electron chi connectivity index (χ4n) is 2.64. The van der Waals surface area contributed by atoms with Crippen molar-refractivity contribution in [1.82, 2.24) is 4.90 Å². The fourth-order valence-corrected chi connectivity index (χ4v) is 2.64. The van der Waals surface area contributed by atoms with Crippen molar-refractivity contribution < 1.29 is 9.21 Å². The summed E-state index contributed by atoms with van der Waals surface area (Å²) in [6.45, 7) is 8.04. The number of carbonyl (C=O) groups is 1. The highest BCUT2D eigenvalue weighted by atomic mass is 16.3. The van der Waals surface area contributed by atoms with Crippen molar-refractivity contribution in [3.8, 4) is 0 Å². The second-order valence-electron chi connectivity index (χ2n) is 5.47. The molecule has 0 aliphatic carbocycles. The van der Waals surface area contributed by atoms with Gasteiger partial charge in [-0.15, -0.1) is 0 Å². The van der Waals surface area contributed by atoms with Gasteiger partial charge in [-0.1, -0.05) is 13.8 Å². The first-order valence-electron chi connectivity index (χ1n) is 6.58. The molecular formula is C15H21NO2. The van der Waals surface area contributed by atoms with Crippen molar-refractivity contribution in [3.63, 3.8) is 0 Å². The normalized spacial score (nSPS) is 24.7. The second-order valence-corrected chi connectivity index (χ2v) is 5.47. The highest BCUT2D eigenvalue weighted by molar-refractivity contribution is 5.91. The zero-order valence-corrected chi connectivity index (χ0v) is 11.3. The zero-order valence-electron chi connectivity index (χ0n) is 11.3. The third kappa shape index (κ3) is 3.25. The van der Waals surface area contributed by atoms with E-state index < -0.39 is 0 Å². The van der Waals surface area contributed by atoms with Gasteiger partial charge in [-0.2, -0.15) is 0 Å². The molecule has 18 heavy (non-hydrogen) atoms. The Balaban J connectivity index is 1.97. The molecule has 0 unspecified atom stereocenters. The maximum absolute atomic E-state index is 12.1. The largest absolute Gasteiger partial charge is 0.462 e. The summed E-state index contributed by atoms with van der Waals surface area (Å²) >= 11 is 0. The van der Waals surface area contributed by atoms with Gasteiger partial charge in [-0.25, -0.2) is 0 Å². The third-order valence-corrected chi connectivity index (χ3v) is 3.33. The van der Waals surface area contributed by atoms with Gasteiger partial charge in [-0.05, 0) is 43.4 Å². The summed E-state index contributed by atoms with van der Waals surface area (Å²) in [5.41, 5.74) is 0. The van der Waals surface area contributed by atoms with Crippen molar-refractivity contribution in [2.45, 2.75) is 27.2 Å². The molecule has 1 saturated heterocycles. The average Bonchev–Trinajstić information content (AvgIpc) is 2.70. The molecule has 3 heteroatoms. The number of nitrogens with zero attached hydrogens (tertiary/aromatic N) is 1. The van der Waals surface area contributed by atoms with Crippen LogP contribution in [-0.4, -0.2) is 23.9 Å².